The number of aromatic nitrogens is 2. The molecule has 0 saturated carbocycles. The van der Waals surface area contributed by atoms with Gasteiger partial charge in [-0.3, -0.25) is 14.2 Å². The molecule has 4 rings (SSSR count). The predicted molar refractivity (Wildman–Crippen MR) is 125 cm³/mol. The van der Waals surface area contributed by atoms with Crippen LogP contribution in [-0.4, -0.2) is 33.4 Å². The highest BCUT2D eigenvalue weighted by Gasteiger charge is 2.22. The van der Waals surface area contributed by atoms with E-state index in [1.54, 1.807) is 11.6 Å². The van der Waals surface area contributed by atoms with Gasteiger partial charge in [0.2, 0.25) is 0 Å². The summed E-state index contributed by atoms with van der Waals surface area (Å²) in [4.78, 5) is 32.6. The highest BCUT2D eigenvalue weighted by Crippen LogP contribution is 2.25. The zero-order valence-electron chi connectivity index (χ0n) is 18.0. The fourth-order valence-electron chi connectivity index (χ4n) is 3.95. The normalized spacial score (nSPS) is 13.5. The van der Waals surface area contributed by atoms with E-state index in [1.165, 1.54) is 11.8 Å². The van der Waals surface area contributed by atoms with Crippen LogP contribution >= 0.6 is 11.8 Å². The quantitative estimate of drug-likeness (QED) is 0.432. The first kappa shape index (κ1) is 21.4. The van der Waals surface area contributed by atoms with Gasteiger partial charge in [0, 0.05) is 49.1 Å². The Kier molecular flexibility index (Phi) is 6.56. The molecule has 0 radical (unpaired) electrons. The second-order valence-corrected chi connectivity index (χ2v) is 8.87. The molecule has 0 N–H and O–H groups in total. The van der Waals surface area contributed by atoms with E-state index in [4.69, 9.17) is 4.98 Å². The van der Waals surface area contributed by atoms with E-state index < -0.39 is 0 Å². The van der Waals surface area contributed by atoms with Crippen molar-refractivity contribution >= 4 is 17.7 Å². The fraction of sp³-hybridized carbons (Fsp3) is 0.320. The molecule has 3 aromatic rings. The number of carbonyl (C=O) groups is 1. The van der Waals surface area contributed by atoms with Crippen molar-refractivity contribution in [2.24, 2.45) is 7.05 Å². The van der Waals surface area contributed by atoms with Gasteiger partial charge in [-0.05, 0) is 37.0 Å². The third-order valence-electron chi connectivity index (χ3n) is 5.77. The van der Waals surface area contributed by atoms with E-state index in [-0.39, 0.29) is 11.5 Å². The molecule has 5 nitrogen and oxygen atoms in total. The summed E-state index contributed by atoms with van der Waals surface area (Å²) >= 11 is 1.50. The van der Waals surface area contributed by atoms with Gasteiger partial charge in [-0.2, -0.15) is 0 Å². The number of amides is 1. The van der Waals surface area contributed by atoms with E-state index in [0.717, 1.165) is 53.9 Å². The van der Waals surface area contributed by atoms with Gasteiger partial charge in [0.05, 0.1) is 0 Å². The molecule has 0 spiro atoms. The van der Waals surface area contributed by atoms with Crippen molar-refractivity contribution in [3.8, 4) is 0 Å². The Morgan fingerprint density at radius 3 is 2.45 bits per heavy atom. The zero-order chi connectivity index (χ0) is 21.8. The molecule has 2 aromatic carbocycles. The van der Waals surface area contributed by atoms with Crippen LogP contribution < -0.4 is 5.56 Å². The van der Waals surface area contributed by atoms with Crippen molar-refractivity contribution in [2.75, 3.05) is 13.1 Å². The molecule has 31 heavy (non-hydrogen) atoms. The van der Waals surface area contributed by atoms with Gasteiger partial charge in [-0.15, -0.1) is 0 Å². The largest absolute Gasteiger partial charge is 0.339 e. The highest BCUT2D eigenvalue weighted by molar-refractivity contribution is 7.98. The average Bonchev–Trinajstić information content (AvgIpc) is 3.34. The summed E-state index contributed by atoms with van der Waals surface area (Å²) in [5.74, 6) is 0.693. The summed E-state index contributed by atoms with van der Waals surface area (Å²) in [6.07, 6.45) is 2.72. The molecule has 0 bridgehead atoms. The first-order valence-corrected chi connectivity index (χ1v) is 11.6. The number of thioether (sulfide) groups is 1. The zero-order valence-corrected chi connectivity index (χ0v) is 18.8. The number of rotatable bonds is 6. The lowest BCUT2D eigenvalue weighted by molar-refractivity contribution is 0.0792. The number of hydrogen-bond donors (Lipinski definition) is 0. The topological polar surface area (TPSA) is 55.2 Å². The number of hydrogen-bond acceptors (Lipinski definition) is 4. The number of benzene rings is 2. The van der Waals surface area contributed by atoms with Gasteiger partial charge in [0.25, 0.3) is 11.5 Å². The van der Waals surface area contributed by atoms with Gasteiger partial charge in [-0.25, -0.2) is 4.98 Å². The predicted octanol–water partition coefficient (Wildman–Crippen LogP) is 4.21. The average molecular weight is 434 g/mol. The molecule has 160 valence electrons. The van der Waals surface area contributed by atoms with Gasteiger partial charge in [0.1, 0.15) is 0 Å². The van der Waals surface area contributed by atoms with E-state index in [9.17, 15) is 9.59 Å². The minimum Gasteiger partial charge on any atom is -0.339 e. The summed E-state index contributed by atoms with van der Waals surface area (Å²) in [6.45, 7) is 3.56. The van der Waals surface area contributed by atoms with Crippen LogP contribution in [-0.2, 0) is 19.2 Å². The molecule has 6 heteroatoms. The first-order chi connectivity index (χ1) is 15.0. The summed E-state index contributed by atoms with van der Waals surface area (Å²) in [6, 6.07) is 17.7. The van der Waals surface area contributed by atoms with Crippen molar-refractivity contribution < 1.29 is 4.79 Å². The van der Waals surface area contributed by atoms with E-state index in [2.05, 4.69) is 0 Å². The second-order valence-electron chi connectivity index (χ2n) is 7.93. The van der Waals surface area contributed by atoms with Crippen molar-refractivity contribution in [3.63, 3.8) is 0 Å². The monoisotopic (exact) mass is 433 g/mol. The van der Waals surface area contributed by atoms with Crippen LogP contribution in [0.15, 0.2) is 64.5 Å². The second kappa shape index (κ2) is 9.52. The van der Waals surface area contributed by atoms with Crippen molar-refractivity contribution in [3.05, 3.63) is 92.9 Å². The Hall–Kier alpha value is -2.86. The van der Waals surface area contributed by atoms with Crippen LogP contribution in [0.25, 0.3) is 0 Å². The van der Waals surface area contributed by atoms with Crippen molar-refractivity contribution in [2.45, 2.75) is 37.1 Å². The number of carbonyl (C=O) groups excluding carboxylic acids is 1. The molecule has 0 unspecified atom stereocenters. The van der Waals surface area contributed by atoms with Crippen molar-refractivity contribution in [1.29, 1.82) is 0 Å². The maximum atomic E-state index is 13.0. The minimum atomic E-state index is -0.0136. The SMILES string of the molecule is Cc1nc(SCc2ccccc2C(=O)N2CCCC2)n(C)c(=O)c1Cc1ccccc1. The van der Waals surface area contributed by atoms with Gasteiger partial charge in [0.15, 0.2) is 5.16 Å². The van der Waals surface area contributed by atoms with Gasteiger partial charge < -0.3 is 4.90 Å². The minimum absolute atomic E-state index is 0.0136. The Morgan fingerprint density at radius 2 is 1.71 bits per heavy atom. The molecule has 1 aliphatic heterocycles. The maximum Gasteiger partial charge on any atom is 0.257 e. The van der Waals surface area contributed by atoms with Crippen LogP contribution in [0.4, 0.5) is 0 Å². The summed E-state index contributed by atoms with van der Waals surface area (Å²) in [7, 11) is 1.77. The maximum absolute atomic E-state index is 13.0. The van der Waals surface area contributed by atoms with E-state index >= 15 is 0 Å². The molecule has 0 atom stereocenters. The van der Waals surface area contributed by atoms with Gasteiger partial charge >= 0.3 is 0 Å². The van der Waals surface area contributed by atoms with Crippen LogP contribution in [0.1, 0.15) is 45.6 Å². The lowest BCUT2D eigenvalue weighted by Gasteiger charge is -2.18. The molecular weight excluding hydrogens is 406 g/mol. The number of nitrogens with zero attached hydrogens (tertiary/aromatic N) is 3. The smallest absolute Gasteiger partial charge is 0.257 e. The lowest BCUT2D eigenvalue weighted by Crippen LogP contribution is -2.28. The molecule has 0 aliphatic carbocycles. The van der Waals surface area contributed by atoms with E-state index in [0.29, 0.717) is 17.3 Å². The Labute approximate surface area is 187 Å². The lowest BCUT2D eigenvalue weighted by atomic mass is 10.1. The van der Waals surface area contributed by atoms with Crippen LogP contribution in [0.3, 0.4) is 0 Å². The van der Waals surface area contributed by atoms with Gasteiger partial charge in [-0.1, -0.05) is 60.3 Å². The number of likely N-dealkylation sites (tertiary alicyclic amines) is 1. The summed E-state index contributed by atoms with van der Waals surface area (Å²) < 4.78 is 1.63. The molecule has 1 fully saturated rings. The summed E-state index contributed by atoms with van der Waals surface area (Å²) in [5.41, 5.74) is 4.29. The molecule has 1 aliphatic rings. The third kappa shape index (κ3) is 4.74. The third-order valence-corrected chi connectivity index (χ3v) is 6.85. The van der Waals surface area contributed by atoms with Crippen LogP contribution in [0.5, 0.6) is 0 Å². The molecule has 1 amide bonds. The molecule has 2 heterocycles. The number of aryl methyl sites for hydroxylation is 1. The Bertz CT molecular complexity index is 1140. The highest BCUT2D eigenvalue weighted by atomic mass is 32.2. The fourth-order valence-corrected chi connectivity index (χ4v) is 4.96. The standard InChI is InChI=1S/C25H27N3O2S/c1-18-22(16-19-10-4-3-5-11-19)23(29)27(2)25(26-18)31-17-20-12-6-7-13-21(20)24(30)28-14-8-9-15-28/h3-7,10-13H,8-9,14-17H2,1-2H3. The van der Waals surface area contributed by atoms with Crippen molar-refractivity contribution in [1.82, 2.24) is 14.5 Å². The van der Waals surface area contributed by atoms with E-state index in [1.807, 2.05) is 66.4 Å². The molecular formula is C25H27N3O2S. The Balaban J connectivity index is 1.54. The first-order valence-electron chi connectivity index (χ1n) is 10.6. The Morgan fingerprint density at radius 1 is 1.03 bits per heavy atom. The van der Waals surface area contributed by atoms with Crippen LogP contribution in [0, 0.1) is 6.92 Å². The van der Waals surface area contributed by atoms with Crippen LogP contribution in [0.2, 0.25) is 0 Å². The molecule has 1 aromatic heterocycles. The molecule has 1 saturated heterocycles. The summed E-state index contributed by atoms with van der Waals surface area (Å²) in [5, 5.41) is 0.669.